The van der Waals surface area contributed by atoms with Gasteiger partial charge >= 0.3 is 5.97 Å². The molecule has 2 aromatic rings. The van der Waals surface area contributed by atoms with E-state index in [0.29, 0.717) is 23.8 Å². The Morgan fingerprint density at radius 1 is 1.56 bits per heavy atom. The maximum atomic E-state index is 12.0. The third-order valence-corrected chi connectivity index (χ3v) is 2.90. The fourth-order valence-electron chi connectivity index (χ4n) is 1.73. The summed E-state index contributed by atoms with van der Waals surface area (Å²) in [6.45, 7) is 6.09. The molecule has 0 saturated heterocycles. The molecule has 6 heteroatoms. The van der Waals surface area contributed by atoms with Crippen LogP contribution in [0.4, 0.5) is 0 Å². The zero-order valence-electron chi connectivity index (χ0n) is 10.5. The van der Waals surface area contributed by atoms with Crippen LogP contribution in [-0.4, -0.2) is 26.9 Å². The van der Waals surface area contributed by atoms with Crippen LogP contribution >= 0.6 is 15.9 Å². The highest BCUT2D eigenvalue weighted by atomic mass is 79.9. The van der Waals surface area contributed by atoms with Crippen molar-refractivity contribution in [2.75, 3.05) is 6.61 Å². The Bertz CT molecular complexity index is 592. The molecule has 96 valence electrons. The molecule has 0 unspecified atom stereocenters. The molecule has 5 nitrogen and oxygen atoms in total. The molecular formula is C12H14BrN3O2. The SMILES string of the molecule is CCOC(=O)c1c(C(C)C)nc2ncc(Br)cn12. The van der Waals surface area contributed by atoms with Crippen molar-refractivity contribution in [1.82, 2.24) is 14.4 Å². The lowest BCUT2D eigenvalue weighted by Crippen LogP contribution is -2.11. The summed E-state index contributed by atoms with van der Waals surface area (Å²) >= 11 is 3.34. The zero-order chi connectivity index (χ0) is 13.3. The quantitative estimate of drug-likeness (QED) is 0.818. The van der Waals surface area contributed by atoms with Crippen LogP contribution in [0.3, 0.4) is 0 Å². The summed E-state index contributed by atoms with van der Waals surface area (Å²) in [5.74, 6) is 0.267. The van der Waals surface area contributed by atoms with Gasteiger partial charge < -0.3 is 4.74 Å². The molecule has 0 radical (unpaired) electrons. The minimum Gasteiger partial charge on any atom is -0.461 e. The van der Waals surface area contributed by atoms with E-state index < -0.39 is 0 Å². The van der Waals surface area contributed by atoms with Gasteiger partial charge in [-0.05, 0) is 28.8 Å². The second kappa shape index (κ2) is 5.06. The number of nitrogens with zero attached hydrogens (tertiary/aromatic N) is 3. The van der Waals surface area contributed by atoms with Gasteiger partial charge in [-0.15, -0.1) is 0 Å². The number of hydrogen-bond donors (Lipinski definition) is 0. The number of fused-ring (bicyclic) bond motifs is 1. The van der Waals surface area contributed by atoms with Crippen molar-refractivity contribution in [3.8, 4) is 0 Å². The fourth-order valence-corrected chi connectivity index (χ4v) is 2.04. The van der Waals surface area contributed by atoms with E-state index in [0.717, 1.165) is 4.47 Å². The topological polar surface area (TPSA) is 56.5 Å². The molecule has 0 saturated carbocycles. The van der Waals surface area contributed by atoms with E-state index in [4.69, 9.17) is 4.74 Å². The molecule has 0 amide bonds. The summed E-state index contributed by atoms with van der Waals surface area (Å²) in [7, 11) is 0. The second-order valence-corrected chi connectivity index (χ2v) is 5.08. The number of carbonyl (C=O) groups is 1. The second-order valence-electron chi connectivity index (χ2n) is 4.16. The minimum absolute atomic E-state index is 0.130. The molecule has 2 heterocycles. The van der Waals surface area contributed by atoms with Crippen LogP contribution in [0.25, 0.3) is 5.78 Å². The smallest absolute Gasteiger partial charge is 0.357 e. The predicted octanol–water partition coefficient (Wildman–Crippen LogP) is 2.79. The predicted molar refractivity (Wildman–Crippen MR) is 70.7 cm³/mol. The lowest BCUT2D eigenvalue weighted by molar-refractivity contribution is 0.0516. The number of halogens is 1. The number of imidazole rings is 1. The van der Waals surface area contributed by atoms with Gasteiger partial charge in [0.25, 0.3) is 0 Å². The van der Waals surface area contributed by atoms with Crippen molar-refractivity contribution in [3.63, 3.8) is 0 Å². The van der Waals surface area contributed by atoms with Gasteiger partial charge in [0, 0.05) is 12.4 Å². The molecule has 18 heavy (non-hydrogen) atoms. The van der Waals surface area contributed by atoms with Crippen LogP contribution in [-0.2, 0) is 4.74 Å². The number of hydrogen-bond acceptors (Lipinski definition) is 4. The Labute approximate surface area is 113 Å². The monoisotopic (exact) mass is 311 g/mol. The highest BCUT2D eigenvalue weighted by molar-refractivity contribution is 9.10. The van der Waals surface area contributed by atoms with Crippen LogP contribution in [0.2, 0.25) is 0 Å². The van der Waals surface area contributed by atoms with E-state index in [9.17, 15) is 4.79 Å². The van der Waals surface area contributed by atoms with E-state index in [-0.39, 0.29) is 11.9 Å². The maximum absolute atomic E-state index is 12.0. The van der Waals surface area contributed by atoms with Crippen LogP contribution in [0.5, 0.6) is 0 Å². The normalized spacial score (nSPS) is 11.2. The van der Waals surface area contributed by atoms with Gasteiger partial charge in [-0.1, -0.05) is 13.8 Å². The van der Waals surface area contributed by atoms with Gasteiger partial charge in [0.1, 0.15) is 0 Å². The van der Waals surface area contributed by atoms with Crippen molar-refractivity contribution in [2.24, 2.45) is 0 Å². The van der Waals surface area contributed by atoms with Gasteiger partial charge in [-0.2, -0.15) is 0 Å². The summed E-state index contributed by atoms with van der Waals surface area (Å²) < 4.78 is 7.53. The lowest BCUT2D eigenvalue weighted by Gasteiger charge is -2.06. The molecule has 0 fully saturated rings. The van der Waals surface area contributed by atoms with Crippen LogP contribution < -0.4 is 0 Å². The lowest BCUT2D eigenvalue weighted by atomic mass is 10.1. The molecule has 0 N–H and O–H groups in total. The van der Waals surface area contributed by atoms with Crippen LogP contribution in [0.1, 0.15) is 42.9 Å². The van der Waals surface area contributed by atoms with Gasteiger partial charge in [0.05, 0.1) is 16.8 Å². The first kappa shape index (κ1) is 13.0. The minimum atomic E-state index is -0.367. The Morgan fingerprint density at radius 2 is 2.28 bits per heavy atom. The largest absolute Gasteiger partial charge is 0.461 e. The molecule has 2 aromatic heterocycles. The van der Waals surface area contributed by atoms with E-state index in [1.807, 2.05) is 13.8 Å². The van der Waals surface area contributed by atoms with Gasteiger partial charge in [0.15, 0.2) is 5.69 Å². The van der Waals surface area contributed by atoms with Crippen molar-refractivity contribution in [3.05, 3.63) is 28.3 Å². The molecule has 0 atom stereocenters. The number of carbonyl (C=O) groups excluding carboxylic acids is 1. The molecule has 0 aliphatic carbocycles. The van der Waals surface area contributed by atoms with Crippen LogP contribution in [0.15, 0.2) is 16.9 Å². The van der Waals surface area contributed by atoms with Gasteiger partial charge in [-0.3, -0.25) is 4.40 Å². The van der Waals surface area contributed by atoms with Crippen molar-refractivity contribution >= 4 is 27.7 Å². The van der Waals surface area contributed by atoms with Crippen molar-refractivity contribution < 1.29 is 9.53 Å². The van der Waals surface area contributed by atoms with E-state index >= 15 is 0 Å². The van der Waals surface area contributed by atoms with E-state index in [1.54, 1.807) is 23.7 Å². The standard InChI is InChI=1S/C12H14BrN3O2/c1-4-18-11(17)10-9(7(2)3)15-12-14-5-8(13)6-16(10)12/h5-7H,4H2,1-3H3. The first-order valence-corrected chi connectivity index (χ1v) is 6.54. The average molecular weight is 312 g/mol. The van der Waals surface area contributed by atoms with Gasteiger partial charge in [-0.25, -0.2) is 14.8 Å². The summed E-state index contributed by atoms with van der Waals surface area (Å²) in [6.07, 6.45) is 3.43. The van der Waals surface area contributed by atoms with E-state index in [1.165, 1.54) is 0 Å². The Hall–Kier alpha value is -1.43. The van der Waals surface area contributed by atoms with E-state index in [2.05, 4.69) is 25.9 Å². The highest BCUT2D eigenvalue weighted by Gasteiger charge is 2.22. The number of esters is 1. The molecule has 0 aromatic carbocycles. The first-order chi connectivity index (χ1) is 8.54. The Morgan fingerprint density at radius 3 is 2.89 bits per heavy atom. The zero-order valence-corrected chi connectivity index (χ0v) is 12.1. The van der Waals surface area contributed by atoms with Crippen LogP contribution in [0, 0.1) is 0 Å². The maximum Gasteiger partial charge on any atom is 0.357 e. The summed E-state index contributed by atoms with van der Waals surface area (Å²) in [5.41, 5.74) is 1.16. The molecule has 0 aliphatic heterocycles. The average Bonchev–Trinajstić information content (AvgIpc) is 2.67. The first-order valence-electron chi connectivity index (χ1n) is 5.75. The summed E-state index contributed by atoms with van der Waals surface area (Å²) in [5, 5.41) is 0. The summed E-state index contributed by atoms with van der Waals surface area (Å²) in [4.78, 5) is 20.6. The number of aromatic nitrogens is 3. The number of rotatable bonds is 3. The molecule has 2 rings (SSSR count). The third-order valence-electron chi connectivity index (χ3n) is 2.49. The Kier molecular flexibility index (Phi) is 3.65. The highest BCUT2D eigenvalue weighted by Crippen LogP contribution is 2.22. The molecule has 0 bridgehead atoms. The molecule has 0 aliphatic rings. The Balaban J connectivity index is 2.68. The van der Waals surface area contributed by atoms with Gasteiger partial charge in [0.2, 0.25) is 5.78 Å². The third kappa shape index (κ3) is 2.25. The van der Waals surface area contributed by atoms with Crippen molar-refractivity contribution in [2.45, 2.75) is 26.7 Å². The fraction of sp³-hybridized carbons (Fsp3) is 0.417. The molecular weight excluding hydrogens is 298 g/mol. The molecule has 0 spiro atoms. The number of ether oxygens (including phenoxy) is 1. The summed E-state index contributed by atoms with van der Waals surface area (Å²) in [6, 6.07) is 0. The van der Waals surface area contributed by atoms with Crippen molar-refractivity contribution in [1.29, 1.82) is 0 Å².